The minimum Gasteiger partial charge on any atom is -0.452 e. The van der Waals surface area contributed by atoms with E-state index in [0.717, 1.165) is 29.8 Å². The lowest BCUT2D eigenvalue weighted by atomic mass is 10.1. The average Bonchev–Trinajstić information content (AvgIpc) is 3.54. The van der Waals surface area contributed by atoms with Gasteiger partial charge in [-0.1, -0.05) is 60.7 Å². The lowest BCUT2D eigenvalue weighted by Crippen LogP contribution is -2.24. The Balaban J connectivity index is 1.26. The van der Waals surface area contributed by atoms with Gasteiger partial charge in [-0.2, -0.15) is 5.10 Å². The van der Waals surface area contributed by atoms with Crippen LogP contribution in [0, 0.1) is 0 Å². The summed E-state index contributed by atoms with van der Waals surface area (Å²) in [5.74, 6) is -0.506. The normalized spacial score (nSPS) is 13.0. The third kappa shape index (κ3) is 5.75. The molecule has 2 heterocycles. The fourth-order valence-corrected chi connectivity index (χ4v) is 4.27. The molecule has 1 aliphatic rings. The van der Waals surface area contributed by atoms with E-state index in [1.54, 1.807) is 33.8 Å². The molecule has 0 saturated carbocycles. The highest BCUT2D eigenvalue weighted by molar-refractivity contribution is 5.95. The fourth-order valence-electron chi connectivity index (χ4n) is 4.27. The maximum absolute atomic E-state index is 12.7. The smallest absolute Gasteiger partial charge is 0.338 e. The van der Waals surface area contributed by atoms with Crippen LogP contribution in [0.1, 0.15) is 28.8 Å². The Kier molecular flexibility index (Phi) is 7.07. The molecule has 0 spiro atoms. The van der Waals surface area contributed by atoms with Gasteiger partial charge in [0.05, 0.1) is 16.9 Å². The van der Waals surface area contributed by atoms with Gasteiger partial charge in [-0.15, -0.1) is 0 Å². The van der Waals surface area contributed by atoms with E-state index < -0.39 is 18.5 Å². The van der Waals surface area contributed by atoms with Crippen LogP contribution >= 0.6 is 0 Å². The highest BCUT2D eigenvalue weighted by Gasteiger charge is 2.21. The number of rotatable bonds is 8. The Morgan fingerprint density at radius 2 is 1.68 bits per heavy atom. The average molecular weight is 495 g/mol. The second-order valence-corrected chi connectivity index (χ2v) is 8.77. The zero-order chi connectivity index (χ0) is 25.6. The summed E-state index contributed by atoms with van der Waals surface area (Å²) in [6.07, 6.45) is 1.42. The summed E-state index contributed by atoms with van der Waals surface area (Å²) >= 11 is 0. The standard InChI is InChI=1S/C29H26N4O4/c34-27(20-37-29(36)23-12-7-9-21(17-23)19-32-16-8-15-28(32)35)30-26-18-25(22-10-3-1-4-11-22)31-33(26)24-13-5-2-6-14-24/h1-7,9-14,17-18H,8,15-16,19-20H2,(H,30,34). The molecule has 1 saturated heterocycles. The Hall–Kier alpha value is -4.72. The van der Waals surface area contributed by atoms with Crippen LogP contribution in [0.25, 0.3) is 16.9 Å². The van der Waals surface area contributed by atoms with E-state index in [1.807, 2.05) is 66.7 Å². The first-order valence-electron chi connectivity index (χ1n) is 12.1. The van der Waals surface area contributed by atoms with Gasteiger partial charge in [0.25, 0.3) is 5.91 Å². The summed E-state index contributed by atoms with van der Waals surface area (Å²) < 4.78 is 6.93. The third-order valence-corrected chi connectivity index (χ3v) is 6.09. The number of nitrogens with zero attached hydrogens (tertiary/aromatic N) is 3. The van der Waals surface area contributed by atoms with Crippen LogP contribution in [0.15, 0.2) is 91.0 Å². The molecule has 0 radical (unpaired) electrons. The van der Waals surface area contributed by atoms with E-state index in [2.05, 4.69) is 10.4 Å². The molecule has 186 valence electrons. The summed E-state index contributed by atoms with van der Waals surface area (Å²) in [5, 5.41) is 7.48. The summed E-state index contributed by atoms with van der Waals surface area (Å²) in [6.45, 7) is 0.723. The van der Waals surface area contributed by atoms with Gasteiger partial charge in [0.2, 0.25) is 5.91 Å². The summed E-state index contributed by atoms with van der Waals surface area (Å²) in [5.41, 5.74) is 3.57. The van der Waals surface area contributed by atoms with Crippen LogP contribution < -0.4 is 5.32 Å². The minimum atomic E-state index is -0.605. The topological polar surface area (TPSA) is 93.5 Å². The van der Waals surface area contributed by atoms with Crippen molar-refractivity contribution in [3.8, 4) is 16.9 Å². The molecule has 1 N–H and O–H groups in total. The van der Waals surface area contributed by atoms with Crippen LogP contribution in [0.5, 0.6) is 0 Å². The number of hydrogen-bond acceptors (Lipinski definition) is 5. The number of ether oxygens (including phenoxy) is 1. The van der Waals surface area contributed by atoms with Crippen LogP contribution in [0.2, 0.25) is 0 Å². The lowest BCUT2D eigenvalue weighted by molar-refractivity contribution is -0.128. The van der Waals surface area contributed by atoms with E-state index in [0.29, 0.717) is 30.0 Å². The fraction of sp³-hybridized carbons (Fsp3) is 0.172. The molecule has 5 rings (SSSR count). The Morgan fingerprint density at radius 3 is 2.41 bits per heavy atom. The van der Waals surface area contributed by atoms with Gasteiger partial charge in [-0.05, 0) is 36.2 Å². The molecule has 0 aliphatic carbocycles. The number of anilines is 1. The van der Waals surface area contributed by atoms with Gasteiger partial charge in [-0.3, -0.25) is 9.59 Å². The van der Waals surface area contributed by atoms with Gasteiger partial charge in [0.1, 0.15) is 5.82 Å². The second-order valence-electron chi connectivity index (χ2n) is 8.77. The van der Waals surface area contributed by atoms with E-state index >= 15 is 0 Å². The quantitative estimate of drug-likeness (QED) is 0.365. The minimum absolute atomic E-state index is 0.120. The molecule has 3 aromatic carbocycles. The van der Waals surface area contributed by atoms with Gasteiger partial charge >= 0.3 is 5.97 Å². The molecular formula is C29H26N4O4. The largest absolute Gasteiger partial charge is 0.452 e. The number of esters is 1. The van der Waals surface area contributed by atoms with E-state index in [1.165, 1.54) is 0 Å². The van der Waals surface area contributed by atoms with Crippen molar-refractivity contribution in [3.63, 3.8) is 0 Å². The second kappa shape index (κ2) is 10.9. The van der Waals surface area contributed by atoms with Crippen molar-refractivity contribution < 1.29 is 19.1 Å². The molecular weight excluding hydrogens is 468 g/mol. The molecule has 0 atom stereocenters. The first kappa shape index (κ1) is 24.0. The molecule has 1 aliphatic heterocycles. The first-order valence-corrected chi connectivity index (χ1v) is 12.1. The number of carbonyl (C=O) groups excluding carboxylic acids is 3. The number of likely N-dealkylation sites (tertiary alicyclic amines) is 1. The molecule has 8 heteroatoms. The van der Waals surface area contributed by atoms with Crippen molar-refractivity contribution in [1.82, 2.24) is 14.7 Å². The van der Waals surface area contributed by atoms with Gasteiger partial charge in [0.15, 0.2) is 6.61 Å². The molecule has 0 bridgehead atoms. The van der Waals surface area contributed by atoms with Crippen LogP contribution in [0.4, 0.5) is 5.82 Å². The molecule has 2 amide bonds. The SMILES string of the molecule is O=C(COC(=O)c1cccc(CN2CCCC2=O)c1)Nc1cc(-c2ccccc2)nn1-c1ccccc1. The molecule has 8 nitrogen and oxygen atoms in total. The van der Waals surface area contributed by atoms with E-state index in [4.69, 9.17) is 4.74 Å². The maximum atomic E-state index is 12.7. The number of amides is 2. The van der Waals surface area contributed by atoms with Crippen molar-refractivity contribution in [2.45, 2.75) is 19.4 Å². The van der Waals surface area contributed by atoms with Crippen molar-refractivity contribution in [3.05, 3.63) is 102 Å². The predicted octanol–water partition coefficient (Wildman–Crippen LogP) is 4.46. The lowest BCUT2D eigenvalue weighted by Gasteiger charge is -2.15. The first-order chi connectivity index (χ1) is 18.1. The number of aromatic nitrogens is 2. The van der Waals surface area contributed by atoms with Crippen LogP contribution in [-0.4, -0.2) is 45.6 Å². The third-order valence-electron chi connectivity index (χ3n) is 6.09. The monoisotopic (exact) mass is 494 g/mol. The highest BCUT2D eigenvalue weighted by atomic mass is 16.5. The molecule has 4 aromatic rings. The number of carbonyl (C=O) groups is 3. The zero-order valence-electron chi connectivity index (χ0n) is 20.2. The van der Waals surface area contributed by atoms with Crippen molar-refractivity contribution >= 4 is 23.6 Å². The summed E-state index contributed by atoms with van der Waals surface area (Å²) in [7, 11) is 0. The van der Waals surface area contributed by atoms with Crippen molar-refractivity contribution in [2.24, 2.45) is 0 Å². The predicted molar refractivity (Wildman–Crippen MR) is 139 cm³/mol. The van der Waals surface area contributed by atoms with Gasteiger partial charge < -0.3 is 15.0 Å². The van der Waals surface area contributed by atoms with Gasteiger partial charge in [-0.25, -0.2) is 9.48 Å². The Bertz CT molecular complexity index is 1420. The van der Waals surface area contributed by atoms with E-state index in [-0.39, 0.29) is 5.91 Å². The number of para-hydroxylation sites is 1. The summed E-state index contributed by atoms with van der Waals surface area (Å²) in [6, 6.07) is 27.8. The van der Waals surface area contributed by atoms with Crippen molar-refractivity contribution in [2.75, 3.05) is 18.5 Å². The van der Waals surface area contributed by atoms with Gasteiger partial charge in [0, 0.05) is 31.1 Å². The Labute approximate surface area is 214 Å². The highest BCUT2D eigenvalue weighted by Crippen LogP contribution is 2.24. The number of hydrogen-bond donors (Lipinski definition) is 1. The van der Waals surface area contributed by atoms with Crippen LogP contribution in [-0.2, 0) is 20.9 Å². The zero-order valence-corrected chi connectivity index (χ0v) is 20.2. The molecule has 37 heavy (non-hydrogen) atoms. The van der Waals surface area contributed by atoms with Crippen LogP contribution in [0.3, 0.4) is 0 Å². The number of benzene rings is 3. The molecule has 0 unspecified atom stereocenters. The Morgan fingerprint density at radius 1 is 0.919 bits per heavy atom. The van der Waals surface area contributed by atoms with Crippen molar-refractivity contribution in [1.29, 1.82) is 0 Å². The molecule has 1 aromatic heterocycles. The molecule has 1 fully saturated rings. The number of nitrogens with one attached hydrogen (secondary N) is 1. The van der Waals surface area contributed by atoms with E-state index in [9.17, 15) is 14.4 Å². The maximum Gasteiger partial charge on any atom is 0.338 e. The summed E-state index contributed by atoms with van der Waals surface area (Å²) in [4.78, 5) is 39.1.